The van der Waals surface area contributed by atoms with Crippen LogP contribution in [-0.4, -0.2) is 39.8 Å². The van der Waals surface area contributed by atoms with Gasteiger partial charge in [-0.15, -0.1) is 5.10 Å². The molecule has 140 valence electrons. The van der Waals surface area contributed by atoms with Crippen LogP contribution in [0.1, 0.15) is 51.4 Å². The molecule has 1 saturated carbocycles. The van der Waals surface area contributed by atoms with Crippen molar-refractivity contribution >= 4 is 23.3 Å². The molecule has 1 aliphatic heterocycles. The number of amides is 1. The molecule has 0 atom stereocenters. The van der Waals surface area contributed by atoms with E-state index < -0.39 is 0 Å². The lowest BCUT2D eigenvalue weighted by Gasteiger charge is -2.20. The second kappa shape index (κ2) is 8.03. The maximum atomic E-state index is 12.4. The molecule has 1 amide bonds. The van der Waals surface area contributed by atoms with Crippen molar-refractivity contribution in [2.24, 2.45) is 5.92 Å². The summed E-state index contributed by atoms with van der Waals surface area (Å²) in [4.78, 5) is 16.9. The van der Waals surface area contributed by atoms with E-state index in [2.05, 4.69) is 20.7 Å². The zero-order valence-electron chi connectivity index (χ0n) is 15.1. The highest BCUT2D eigenvalue weighted by molar-refractivity contribution is 5.91. The first-order valence-corrected chi connectivity index (χ1v) is 9.80. The summed E-state index contributed by atoms with van der Waals surface area (Å²) in [5.41, 5.74) is 0.742. The van der Waals surface area contributed by atoms with Gasteiger partial charge in [-0.25, -0.2) is 0 Å². The molecule has 2 aromatic rings. The Balaban J connectivity index is 1.48. The molecule has 7 heteroatoms. The van der Waals surface area contributed by atoms with Crippen molar-refractivity contribution in [3.8, 4) is 0 Å². The number of nitrogens with one attached hydrogen (secondary N) is 2. The van der Waals surface area contributed by atoms with Gasteiger partial charge in [0.25, 0.3) is 0 Å². The summed E-state index contributed by atoms with van der Waals surface area (Å²) in [5.74, 6) is 1.28. The fourth-order valence-electron chi connectivity index (χ4n) is 3.87. The van der Waals surface area contributed by atoms with Gasteiger partial charge in [-0.1, -0.05) is 31.7 Å². The second-order valence-corrected chi connectivity index (χ2v) is 7.33. The monoisotopic (exact) mass is 357 g/mol. The lowest BCUT2D eigenvalue weighted by Crippen LogP contribution is -2.28. The average Bonchev–Trinajstić information content (AvgIpc) is 2.90. The van der Waals surface area contributed by atoms with Crippen LogP contribution in [0.4, 0.5) is 11.8 Å². The van der Waals surface area contributed by atoms with Crippen molar-refractivity contribution < 1.29 is 9.53 Å². The van der Waals surface area contributed by atoms with Crippen molar-refractivity contribution in [2.45, 2.75) is 57.4 Å². The van der Waals surface area contributed by atoms with E-state index in [1.54, 1.807) is 4.52 Å². The molecule has 1 aliphatic carbocycles. The van der Waals surface area contributed by atoms with Crippen molar-refractivity contribution in [1.29, 1.82) is 0 Å². The predicted octanol–water partition coefficient (Wildman–Crippen LogP) is 3.23. The standard InChI is InChI=1S/C19H27N5O2/c25-18(14-10-12-26-13-11-14)22-19-21-17-9-5-8-16(24(17)23-19)20-15-6-3-1-2-4-7-15/h5,8-9,14-15,20H,1-4,6-7,10-13H2,(H,22,23,25). The summed E-state index contributed by atoms with van der Waals surface area (Å²) < 4.78 is 7.12. The van der Waals surface area contributed by atoms with E-state index in [-0.39, 0.29) is 11.8 Å². The first-order valence-electron chi connectivity index (χ1n) is 9.80. The fourth-order valence-corrected chi connectivity index (χ4v) is 3.87. The van der Waals surface area contributed by atoms with Crippen LogP contribution in [0, 0.1) is 5.92 Å². The molecule has 1 saturated heterocycles. The fraction of sp³-hybridized carbons (Fsp3) is 0.632. The smallest absolute Gasteiger partial charge is 0.249 e. The van der Waals surface area contributed by atoms with E-state index in [0.717, 1.165) is 24.3 Å². The molecule has 0 unspecified atom stereocenters. The van der Waals surface area contributed by atoms with E-state index in [9.17, 15) is 4.79 Å². The zero-order valence-corrected chi connectivity index (χ0v) is 15.1. The Bertz CT molecular complexity index is 745. The van der Waals surface area contributed by atoms with Crippen LogP contribution >= 0.6 is 0 Å². The van der Waals surface area contributed by atoms with Crippen LogP contribution in [0.25, 0.3) is 5.65 Å². The Morgan fingerprint density at radius 2 is 1.85 bits per heavy atom. The number of hydrogen-bond acceptors (Lipinski definition) is 5. The Hall–Kier alpha value is -2.15. The van der Waals surface area contributed by atoms with Gasteiger partial charge in [0.2, 0.25) is 11.9 Å². The highest BCUT2D eigenvalue weighted by atomic mass is 16.5. The number of ether oxygens (including phenoxy) is 1. The minimum Gasteiger partial charge on any atom is -0.381 e. The summed E-state index contributed by atoms with van der Waals surface area (Å²) >= 11 is 0. The van der Waals surface area contributed by atoms with Crippen LogP contribution in [0.15, 0.2) is 18.2 Å². The maximum absolute atomic E-state index is 12.4. The van der Waals surface area contributed by atoms with E-state index in [0.29, 0.717) is 25.2 Å². The lowest BCUT2D eigenvalue weighted by atomic mass is 10.00. The van der Waals surface area contributed by atoms with Gasteiger partial charge < -0.3 is 10.1 Å². The molecule has 0 aromatic carbocycles. The third-order valence-corrected chi connectivity index (χ3v) is 5.39. The summed E-state index contributed by atoms with van der Waals surface area (Å²) in [6, 6.07) is 6.40. The zero-order chi connectivity index (χ0) is 17.8. The molecular weight excluding hydrogens is 330 g/mol. The van der Waals surface area contributed by atoms with Gasteiger partial charge in [-0.05, 0) is 37.8 Å². The Morgan fingerprint density at radius 1 is 1.08 bits per heavy atom. The number of rotatable bonds is 4. The van der Waals surface area contributed by atoms with Crippen LogP contribution in [-0.2, 0) is 9.53 Å². The van der Waals surface area contributed by atoms with Crippen molar-refractivity contribution in [3.05, 3.63) is 18.2 Å². The van der Waals surface area contributed by atoms with Gasteiger partial charge in [0, 0.05) is 25.2 Å². The molecule has 7 nitrogen and oxygen atoms in total. The number of aromatic nitrogens is 3. The Kier molecular flexibility index (Phi) is 5.34. The number of hydrogen-bond donors (Lipinski definition) is 2. The minimum absolute atomic E-state index is 0.0116. The first kappa shape index (κ1) is 17.3. The van der Waals surface area contributed by atoms with E-state index in [1.165, 1.54) is 38.5 Å². The summed E-state index contributed by atoms with van der Waals surface area (Å²) in [5, 5.41) is 11.0. The summed E-state index contributed by atoms with van der Waals surface area (Å²) in [6.45, 7) is 1.29. The number of nitrogens with zero attached hydrogens (tertiary/aromatic N) is 3. The molecule has 2 aromatic heterocycles. The maximum Gasteiger partial charge on any atom is 0.249 e. The van der Waals surface area contributed by atoms with E-state index in [1.807, 2.05) is 18.2 Å². The SMILES string of the molecule is O=C(Nc1nc2cccc(NC3CCCCCC3)n2n1)C1CCOCC1. The van der Waals surface area contributed by atoms with Gasteiger partial charge in [0.1, 0.15) is 5.82 Å². The molecule has 0 bridgehead atoms. The van der Waals surface area contributed by atoms with E-state index >= 15 is 0 Å². The number of carbonyl (C=O) groups excluding carboxylic acids is 1. The topological polar surface area (TPSA) is 80.6 Å². The van der Waals surface area contributed by atoms with Gasteiger partial charge in [0.05, 0.1) is 0 Å². The van der Waals surface area contributed by atoms with Gasteiger partial charge in [-0.2, -0.15) is 9.50 Å². The van der Waals surface area contributed by atoms with Gasteiger partial charge in [-0.3, -0.25) is 10.1 Å². The number of fused-ring (bicyclic) bond motifs is 1. The van der Waals surface area contributed by atoms with Crippen LogP contribution in [0.2, 0.25) is 0 Å². The average molecular weight is 357 g/mol. The number of pyridine rings is 1. The van der Waals surface area contributed by atoms with Crippen LogP contribution in [0.3, 0.4) is 0 Å². The van der Waals surface area contributed by atoms with Gasteiger partial charge in [0.15, 0.2) is 5.65 Å². The van der Waals surface area contributed by atoms with Crippen LogP contribution < -0.4 is 10.6 Å². The summed E-state index contributed by atoms with van der Waals surface area (Å²) in [7, 11) is 0. The van der Waals surface area contributed by atoms with E-state index in [4.69, 9.17) is 4.74 Å². The van der Waals surface area contributed by atoms with Crippen molar-refractivity contribution in [1.82, 2.24) is 14.6 Å². The Labute approximate surface area is 153 Å². The lowest BCUT2D eigenvalue weighted by molar-refractivity contribution is -0.122. The molecular formula is C19H27N5O2. The van der Waals surface area contributed by atoms with Crippen molar-refractivity contribution in [2.75, 3.05) is 23.8 Å². The normalized spacial score (nSPS) is 20.0. The largest absolute Gasteiger partial charge is 0.381 e. The third-order valence-electron chi connectivity index (χ3n) is 5.39. The summed E-state index contributed by atoms with van der Waals surface area (Å²) in [6.07, 6.45) is 9.11. The minimum atomic E-state index is -0.0149. The highest BCUT2D eigenvalue weighted by Gasteiger charge is 2.23. The quantitative estimate of drug-likeness (QED) is 0.821. The number of carbonyl (C=O) groups is 1. The number of anilines is 2. The molecule has 2 aliphatic rings. The third kappa shape index (κ3) is 3.98. The van der Waals surface area contributed by atoms with Crippen molar-refractivity contribution in [3.63, 3.8) is 0 Å². The highest BCUT2D eigenvalue weighted by Crippen LogP contribution is 2.22. The second-order valence-electron chi connectivity index (χ2n) is 7.33. The molecule has 0 spiro atoms. The van der Waals surface area contributed by atoms with Gasteiger partial charge >= 0.3 is 0 Å². The molecule has 3 heterocycles. The molecule has 4 rings (SSSR count). The Morgan fingerprint density at radius 3 is 2.62 bits per heavy atom. The molecule has 26 heavy (non-hydrogen) atoms. The molecule has 0 radical (unpaired) electrons. The first-order chi connectivity index (χ1) is 12.8. The van der Waals surface area contributed by atoms with Crippen LogP contribution in [0.5, 0.6) is 0 Å². The molecule has 2 fully saturated rings. The predicted molar refractivity (Wildman–Crippen MR) is 100 cm³/mol. The molecule has 2 N–H and O–H groups in total.